The highest BCUT2D eigenvalue weighted by molar-refractivity contribution is 5.67. The summed E-state index contributed by atoms with van der Waals surface area (Å²) in [6.07, 6.45) is 2.77. The maximum absolute atomic E-state index is 11.9. The first-order valence-electron chi connectivity index (χ1n) is 19.6. The fourth-order valence-corrected chi connectivity index (χ4v) is 7.52. The van der Waals surface area contributed by atoms with Crippen LogP contribution in [0.5, 0.6) is 0 Å². The minimum Gasteiger partial charge on any atom is -0.481 e. The van der Waals surface area contributed by atoms with Crippen molar-refractivity contribution in [3.63, 3.8) is 0 Å². The van der Waals surface area contributed by atoms with Crippen LogP contribution < -0.4 is 0 Å². The van der Waals surface area contributed by atoms with E-state index in [0.717, 1.165) is 32.6 Å². The molecule has 304 valence electrons. The number of ether oxygens (including phenoxy) is 2. The third-order valence-corrected chi connectivity index (χ3v) is 10.6. The summed E-state index contributed by atoms with van der Waals surface area (Å²) < 4.78 is 11.8. The topological polar surface area (TPSA) is 96.4 Å². The van der Waals surface area contributed by atoms with Crippen LogP contribution in [0.2, 0.25) is 0 Å². The van der Waals surface area contributed by atoms with Gasteiger partial charge in [-0.1, -0.05) is 135 Å². The molecule has 4 aromatic rings. The molecule has 0 aliphatic rings. The van der Waals surface area contributed by atoms with Gasteiger partial charge in [0, 0.05) is 32.9 Å². The molecule has 8 heteroatoms. The molecule has 1 N–H and O–H groups in total. The van der Waals surface area contributed by atoms with Crippen molar-refractivity contribution in [2.75, 3.05) is 28.2 Å². The van der Waals surface area contributed by atoms with Crippen LogP contribution in [0.15, 0.2) is 121 Å². The molecule has 0 saturated carbocycles. The Morgan fingerprint density at radius 3 is 0.893 bits per heavy atom. The van der Waals surface area contributed by atoms with E-state index < -0.39 is 16.8 Å². The Labute approximate surface area is 336 Å². The zero-order valence-electron chi connectivity index (χ0n) is 35.6. The number of carboxylic acid groups (broad SMARTS) is 1. The molecule has 0 radical (unpaired) electrons. The molecule has 56 heavy (non-hydrogen) atoms. The average Bonchev–Trinajstić information content (AvgIpc) is 3.18. The van der Waals surface area contributed by atoms with Crippen LogP contribution in [0.1, 0.15) is 96.4 Å². The highest BCUT2D eigenvalue weighted by atomic mass is 16.5. The lowest BCUT2D eigenvalue weighted by Gasteiger charge is -2.43. The number of rotatable bonds is 16. The number of carbonyl (C=O) groups excluding carboxylic acids is 2. The van der Waals surface area contributed by atoms with Gasteiger partial charge in [0.05, 0.1) is 10.8 Å². The number of esters is 2. The Kier molecular flexibility index (Phi) is 19.7. The summed E-state index contributed by atoms with van der Waals surface area (Å²) in [5, 5.41) is 7.42. The van der Waals surface area contributed by atoms with Gasteiger partial charge < -0.3 is 24.4 Å². The lowest BCUT2D eigenvalue weighted by atomic mass is 9.66. The molecule has 4 rings (SSSR count). The predicted molar refractivity (Wildman–Crippen MR) is 228 cm³/mol. The number of carboxylic acids is 1. The molecular weight excluding hydrogens is 701 g/mol. The van der Waals surface area contributed by atoms with Gasteiger partial charge in [0.2, 0.25) is 0 Å². The number of hydrogen-bond donors (Lipinski definition) is 1. The summed E-state index contributed by atoms with van der Waals surface area (Å²) in [6.45, 7) is 12.7. The normalized spacial score (nSPS) is 13.5. The van der Waals surface area contributed by atoms with Gasteiger partial charge >= 0.3 is 11.9 Å². The van der Waals surface area contributed by atoms with E-state index in [1.54, 1.807) is 0 Å². The minimum absolute atomic E-state index is 0.229. The van der Waals surface area contributed by atoms with Crippen molar-refractivity contribution in [3.05, 3.63) is 144 Å². The van der Waals surface area contributed by atoms with Gasteiger partial charge in [-0.05, 0) is 90.0 Å². The smallest absolute Gasteiger partial charge is 0.302 e. The van der Waals surface area contributed by atoms with E-state index in [1.165, 1.54) is 36.1 Å². The zero-order chi connectivity index (χ0) is 41.9. The summed E-state index contributed by atoms with van der Waals surface area (Å²) in [5.74, 6) is -1.30. The van der Waals surface area contributed by atoms with Crippen molar-refractivity contribution < 1.29 is 29.0 Å². The van der Waals surface area contributed by atoms with E-state index in [9.17, 15) is 9.59 Å². The van der Waals surface area contributed by atoms with Gasteiger partial charge in [-0.2, -0.15) is 0 Å². The number of aliphatic carboxylic acids is 1. The first kappa shape index (κ1) is 47.4. The van der Waals surface area contributed by atoms with E-state index in [-0.39, 0.29) is 24.1 Å². The molecule has 0 aliphatic carbocycles. The summed E-state index contributed by atoms with van der Waals surface area (Å²) in [5.41, 5.74) is 3.96. The first-order chi connectivity index (χ1) is 26.6. The van der Waals surface area contributed by atoms with E-state index in [0.29, 0.717) is 12.1 Å². The second-order valence-electron chi connectivity index (χ2n) is 15.0. The number of nitrogens with zero attached hydrogens (tertiary/aromatic N) is 2. The molecule has 4 atom stereocenters. The second kappa shape index (κ2) is 23.3. The van der Waals surface area contributed by atoms with E-state index in [1.807, 2.05) is 24.3 Å². The second-order valence-corrected chi connectivity index (χ2v) is 15.0. The van der Waals surface area contributed by atoms with Crippen LogP contribution >= 0.6 is 0 Å². The first-order valence-corrected chi connectivity index (χ1v) is 19.6. The van der Waals surface area contributed by atoms with Crippen molar-refractivity contribution in [2.45, 2.75) is 109 Å². The molecule has 0 bridgehead atoms. The Bertz CT molecular complexity index is 1510. The molecule has 0 amide bonds. The van der Waals surface area contributed by atoms with Crippen LogP contribution in [-0.4, -0.2) is 85.3 Å². The summed E-state index contributed by atoms with van der Waals surface area (Å²) in [4.78, 5) is 37.3. The third-order valence-electron chi connectivity index (χ3n) is 10.6. The fourth-order valence-electron chi connectivity index (χ4n) is 7.52. The highest BCUT2D eigenvalue weighted by Crippen LogP contribution is 2.44. The van der Waals surface area contributed by atoms with E-state index in [2.05, 4.69) is 163 Å². The monoisotopic (exact) mass is 766 g/mol. The maximum Gasteiger partial charge on any atom is 0.302 e. The van der Waals surface area contributed by atoms with Crippen molar-refractivity contribution >= 4 is 17.9 Å². The van der Waals surface area contributed by atoms with Crippen LogP contribution in [0.4, 0.5) is 0 Å². The highest BCUT2D eigenvalue weighted by Gasteiger charge is 2.46. The molecule has 0 unspecified atom stereocenters. The van der Waals surface area contributed by atoms with Gasteiger partial charge in [-0.3, -0.25) is 14.4 Å². The minimum atomic E-state index is -0.833. The molecule has 0 saturated heterocycles. The zero-order valence-corrected chi connectivity index (χ0v) is 35.6. The molecule has 0 heterocycles. The van der Waals surface area contributed by atoms with Gasteiger partial charge in [0.1, 0.15) is 12.2 Å². The summed E-state index contributed by atoms with van der Waals surface area (Å²) >= 11 is 0. The largest absolute Gasteiger partial charge is 0.481 e. The van der Waals surface area contributed by atoms with Crippen molar-refractivity contribution in [1.82, 2.24) is 9.80 Å². The number of hydrogen-bond acceptors (Lipinski definition) is 7. The quantitative estimate of drug-likeness (QED) is 0.113. The molecule has 0 aromatic heterocycles. The van der Waals surface area contributed by atoms with Crippen molar-refractivity contribution in [3.8, 4) is 0 Å². The maximum atomic E-state index is 11.9. The Hall–Kier alpha value is -4.79. The van der Waals surface area contributed by atoms with Gasteiger partial charge in [0.25, 0.3) is 5.97 Å². The van der Waals surface area contributed by atoms with Gasteiger partial charge in [0.15, 0.2) is 0 Å². The number of carbonyl (C=O) groups is 3. The molecular formula is C48H66N2O6. The molecule has 0 aliphatic heterocycles. The standard InChI is InChI=1S/2C23H31NO2.C2H4O2/c2*1-6-22(26-19(3)25)23(17-18(2)24(4)5,20-13-9-7-10-14-20)21-15-11-8-12-16-21;1-2(3)4/h2*7-16,18,22H,6,17H2,1-5H3;1H3,(H,3,4)/t2*18-,22-;/m00./s1. The van der Waals surface area contributed by atoms with Crippen LogP contribution in [0.25, 0.3) is 0 Å². The van der Waals surface area contributed by atoms with Gasteiger partial charge in [-0.15, -0.1) is 0 Å². The van der Waals surface area contributed by atoms with Crippen LogP contribution in [-0.2, 0) is 34.7 Å². The lowest BCUT2D eigenvalue weighted by Crippen LogP contribution is -2.47. The van der Waals surface area contributed by atoms with Crippen molar-refractivity contribution in [2.24, 2.45) is 0 Å². The van der Waals surface area contributed by atoms with Crippen LogP contribution in [0, 0.1) is 0 Å². The molecule has 8 nitrogen and oxygen atoms in total. The van der Waals surface area contributed by atoms with E-state index in [4.69, 9.17) is 19.4 Å². The summed E-state index contributed by atoms with van der Waals surface area (Å²) in [7, 11) is 8.38. The summed E-state index contributed by atoms with van der Waals surface area (Å²) in [6, 6.07) is 42.5. The number of benzene rings is 4. The van der Waals surface area contributed by atoms with Crippen LogP contribution in [0.3, 0.4) is 0 Å². The average molecular weight is 767 g/mol. The fraction of sp³-hybridized carbons (Fsp3) is 0.438. The Morgan fingerprint density at radius 2 is 0.732 bits per heavy atom. The third kappa shape index (κ3) is 13.2. The Morgan fingerprint density at radius 1 is 0.518 bits per heavy atom. The molecule has 4 aromatic carbocycles. The lowest BCUT2D eigenvalue weighted by molar-refractivity contribution is -0.151. The molecule has 0 fully saturated rings. The van der Waals surface area contributed by atoms with E-state index >= 15 is 0 Å². The SMILES string of the molecule is CC(=O)O.CC[C@H](OC(C)=O)C(C[C@H](C)N(C)C)(c1ccccc1)c1ccccc1.CC[C@H](OC(C)=O)C(C[C@H](C)N(C)C)(c1ccccc1)c1ccccc1. The predicted octanol–water partition coefficient (Wildman–Crippen LogP) is 9.40. The van der Waals surface area contributed by atoms with Crippen molar-refractivity contribution in [1.29, 1.82) is 0 Å². The Balaban J connectivity index is 0.000000353. The molecule has 0 spiro atoms. The van der Waals surface area contributed by atoms with Gasteiger partial charge in [-0.25, -0.2) is 0 Å².